The fourth-order valence-electron chi connectivity index (χ4n) is 9.69. The molecule has 2 unspecified atom stereocenters. The predicted octanol–water partition coefficient (Wildman–Crippen LogP) is 19.4. The van der Waals surface area contributed by atoms with Gasteiger partial charge in [-0.15, -0.1) is 0 Å². The average Bonchev–Trinajstić information content (AvgIpc) is 3.35. The van der Waals surface area contributed by atoms with Crippen LogP contribution in [-0.2, 0) is 14.3 Å². The summed E-state index contributed by atoms with van der Waals surface area (Å²) in [6, 6.07) is -0.635. The van der Waals surface area contributed by atoms with E-state index in [0.717, 1.165) is 51.4 Å². The van der Waals surface area contributed by atoms with Gasteiger partial charge in [0.1, 0.15) is 0 Å². The van der Waals surface area contributed by atoms with E-state index in [1.807, 2.05) is 6.08 Å². The molecule has 0 spiro atoms. The maximum Gasteiger partial charge on any atom is 0.305 e. The highest BCUT2D eigenvalue weighted by Gasteiger charge is 2.18. The number of hydrogen-bond acceptors (Lipinski definition) is 5. The maximum atomic E-state index is 12.5. The molecule has 0 aliphatic carbocycles. The zero-order valence-electron chi connectivity index (χ0n) is 46.6. The van der Waals surface area contributed by atoms with Crippen molar-refractivity contribution in [3.8, 4) is 0 Å². The minimum Gasteiger partial charge on any atom is -0.466 e. The van der Waals surface area contributed by atoms with Crippen LogP contribution in [0.1, 0.15) is 341 Å². The largest absolute Gasteiger partial charge is 0.466 e. The number of hydrogen-bond donors (Lipinski definition) is 3. The van der Waals surface area contributed by atoms with Gasteiger partial charge in [0.05, 0.1) is 25.4 Å². The van der Waals surface area contributed by atoms with Gasteiger partial charge in [-0.25, -0.2) is 0 Å². The molecule has 0 aromatic heterocycles. The molecule has 408 valence electrons. The van der Waals surface area contributed by atoms with Crippen molar-refractivity contribution in [2.75, 3.05) is 13.2 Å². The summed E-state index contributed by atoms with van der Waals surface area (Å²) in [6.07, 6.45) is 72.1. The van der Waals surface area contributed by atoms with Crippen molar-refractivity contribution in [3.63, 3.8) is 0 Å². The standard InChI is InChI=1S/C63H121NO5/c1-3-5-7-9-11-13-15-17-19-20-21-22-23-24-25-28-31-35-39-43-47-51-55-61(66)60(59-65)64-62(67)56-52-48-44-40-36-32-29-26-30-34-38-42-46-50-54-58-69-63(68)57-53-49-45-41-37-33-27-18-16-14-12-10-8-6-4-2/h18,27,51,55,60-61,65-66H,3-17,19-26,28-50,52-54,56-59H2,1-2H3,(H,64,67)/b27-18-,55-51+. The van der Waals surface area contributed by atoms with Gasteiger partial charge in [-0.05, 0) is 57.8 Å². The first kappa shape index (κ1) is 67.3. The second kappa shape index (κ2) is 58.9. The molecule has 0 saturated heterocycles. The Labute approximate surface area is 431 Å². The average molecular weight is 973 g/mol. The molecule has 6 heteroatoms. The van der Waals surface area contributed by atoms with E-state index in [2.05, 4.69) is 31.3 Å². The lowest BCUT2D eigenvalue weighted by Crippen LogP contribution is -2.45. The van der Waals surface area contributed by atoms with Crippen LogP contribution in [0.3, 0.4) is 0 Å². The second-order valence-corrected chi connectivity index (χ2v) is 21.4. The summed E-state index contributed by atoms with van der Waals surface area (Å²) in [5.74, 6) is -0.0811. The molecule has 0 saturated carbocycles. The van der Waals surface area contributed by atoms with Crippen molar-refractivity contribution < 1.29 is 24.5 Å². The summed E-state index contributed by atoms with van der Waals surface area (Å²) in [7, 11) is 0. The van der Waals surface area contributed by atoms with Gasteiger partial charge in [0.2, 0.25) is 5.91 Å². The lowest BCUT2D eigenvalue weighted by Gasteiger charge is -2.20. The van der Waals surface area contributed by atoms with Crippen molar-refractivity contribution in [3.05, 3.63) is 24.3 Å². The normalized spacial score (nSPS) is 12.7. The predicted molar refractivity (Wildman–Crippen MR) is 301 cm³/mol. The Morgan fingerprint density at radius 2 is 0.681 bits per heavy atom. The number of aliphatic hydroxyl groups excluding tert-OH is 2. The number of ether oxygens (including phenoxy) is 1. The molecule has 3 N–H and O–H groups in total. The quantitative estimate of drug-likeness (QED) is 0.0321. The van der Waals surface area contributed by atoms with Gasteiger partial charge in [0.25, 0.3) is 0 Å². The third-order valence-corrected chi connectivity index (χ3v) is 14.5. The second-order valence-electron chi connectivity index (χ2n) is 21.4. The first-order valence-corrected chi connectivity index (χ1v) is 31.1. The highest BCUT2D eigenvalue weighted by Crippen LogP contribution is 2.17. The van der Waals surface area contributed by atoms with Crippen LogP contribution < -0.4 is 5.32 Å². The monoisotopic (exact) mass is 972 g/mol. The number of rotatable bonds is 58. The zero-order valence-corrected chi connectivity index (χ0v) is 46.6. The number of allylic oxidation sites excluding steroid dienone is 3. The maximum absolute atomic E-state index is 12.5. The van der Waals surface area contributed by atoms with E-state index in [0.29, 0.717) is 19.4 Å². The van der Waals surface area contributed by atoms with E-state index < -0.39 is 12.1 Å². The van der Waals surface area contributed by atoms with Crippen LogP contribution in [0.25, 0.3) is 0 Å². The fourth-order valence-corrected chi connectivity index (χ4v) is 9.69. The van der Waals surface area contributed by atoms with Crippen LogP contribution in [0.15, 0.2) is 24.3 Å². The summed E-state index contributed by atoms with van der Waals surface area (Å²) >= 11 is 0. The van der Waals surface area contributed by atoms with Gasteiger partial charge in [-0.2, -0.15) is 0 Å². The third-order valence-electron chi connectivity index (χ3n) is 14.5. The Bertz CT molecular complexity index is 1080. The van der Waals surface area contributed by atoms with Crippen LogP contribution in [0.4, 0.5) is 0 Å². The molecule has 0 aliphatic heterocycles. The van der Waals surface area contributed by atoms with Gasteiger partial charge in [-0.1, -0.05) is 295 Å². The van der Waals surface area contributed by atoms with E-state index in [-0.39, 0.29) is 18.5 Å². The first-order chi connectivity index (χ1) is 34.0. The Morgan fingerprint density at radius 3 is 1.03 bits per heavy atom. The van der Waals surface area contributed by atoms with E-state index in [1.54, 1.807) is 6.08 Å². The molecule has 0 aromatic carbocycles. The Morgan fingerprint density at radius 1 is 0.391 bits per heavy atom. The molecule has 2 atom stereocenters. The van der Waals surface area contributed by atoms with Crippen molar-refractivity contribution in [2.45, 2.75) is 353 Å². The number of amides is 1. The number of esters is 1. The molecule has 0 heterocycles. The van der Waals surface area contributed by atoms with Crippen LogP contribution in [0, 0.1) is 0 Å². The topological polar surface area (TPSA) is 95.9 Å². The summed E-state index contributed by atoms with van der Waals surface area (Å²) in [6.45, 7) is 4.90. The molecular weight excluding hydrogens is 851 g/mol. The van der Waals surface area contributed by atoms with E-state index in [4.69, 9.17) is 4.74 Å². The van der Waals surface area contributed by atoms with Crippen LogP contribution in [0.2, 0.25) is 0 Å². The third kappa shape index (κ3) is 55.5. The Hall–Kier alpha value is -1.66. The van der Waals surface area contributed by atoms with E-state index >= 15 is 0 Å². The van der Waals surface area contributed by atoms with Gasteiger partial charge < -0.3 is 20.3 Å². The molecule has 0 rings (SSSR count). The van der Waals surface area contributed by atoms with Crippen molar-refractivity contribution >= 4 is 11.9 Å². The molecule has 0 fully saturated rings. The highest BCUT2D eigenvalue weighted by atomic mass is 16.5. The van der Waals surface area contributed by atoms with Gasteiger partial charge in [0.15, 0.2) is 0 Å². The summed E-state index contributed by atoms with van der Waals surface area (Å²) < 4.78 is 5.47. The molecule has 1 amide bonds. The van der Waals surface area contributed by atoms with E-state index in [1.165, 1.54) is 263 Å². The number of unbranched alkanes of at least 4 members (excludes halogenated alkanes) is 45. The van der Waals surface area contributed by atoms with Gasteiger partial charge >= 0.3 is 5.97 Å². The molecule has 69 heavy (non-hydrogen) atoms. The van der Waals surface area contributed by atoms with Crippen molar-refractivity contribution in [1.29, 1.82) is 0 Å². The smallest absolute Gasteiger partial charge is 0.305 e. The number of carbonyl (C=O) groups excluding carboxylic acids is 2. The number of nitrogens with one attached hydrogen (secondary N) is 1. The minimum atomic E-state index is -0.851. The molecule has 0 aromatic rings. The zero-order chi connectivity index (χ0) is 50.0. The lowest BCUT2D eigenvalue weighted by molar-refractivity contribution is -0.143. The molecular formula is C63H121NO5. The van der Waals surface area contributed by atoms with Gasteiger partial charge in [0, 0.05) is 12.8 Å². The Kier molecular flexibility index (Phi) is 57.5. The summed E-state index contributed by atoms with van der Waals surface area (Å²) in [5, 5.41) is 23.2. The van der Waals surface area contributed by atoms with Crippen LogP contribution in [-0.4, -0.2) is 47.4 Å². The van der Waals surface area contributed by atoms with Crippen molar-refractivity contribution in [1.82, 2.24) is 5.32 Å². The van der Waals surface area contributed by atoms with Crippen LogP contribution >= 0.6 is 0 Å². The lowest BCUT2D eigenvalue weighted by atomic mass is 10.0. The molecule has 0 aliphatic rings. The van der Waals surface area contributed by atoms with Crippen molar-refractivity contribution in [2.24, 2.45) is 0 Å². The summed E-state index contributed by atoms with van der Waals surface area (Å²) in [4.78, 5) is 24.6. The highest BCUT2D eigenvalue weighted by molar-refractivity contribution is 5.76. The van der Waals surface area contributed by atoms with Gasteiger partial charge in [-0.3, -0.25) is 9.59 Å². The SMILES string of the molecule is CCCCCCCC/C=C\CCCCCCCC(=O)OCCCCCCCCCCCCCCCCCC(=O)NC(CO)C(O)/C=C/CCCCCCCCCCCCCCCCCCCCCC. The molecule has 6 nitrogen and oxygen atoms in total. The first-order valence-electron chi connectivity index (χ1n) is 31.1. The summed E-state index contributed by atoms with van der Waals surface area (Å²) in [5.41, 5.74) is 0. The molecule has 0 bridgehead atoms. The molecule has 0 radical (unpaired) electrons. The minimum absolute atomic E-state index is 0.00766. The fraction of sp³-hybridized carbons (Fsp3) is 0.905. The van der Waals surface area contributed by atoms with Crippen LogP contribution in [0.5, 0.6) is 0 Å². The number of carbonyl (C=O) groups is 2. The van der Waals surface area contributed by atoms with E-state index in [9.17, 15) is 19.8 Å². The number of aliphatic hydroxyl groups is 2. The Balaban J connectivity index is 3.46.